The molecule has 1 aliphatic heterocycles. The van der Waals surface area contributed by atoms with Gasteiger partial charge in [0.15, 0.2) is 0 Å². The Kier molecular flexibility index (Phi) is 5.73. The normalized spacial score (nSPS) is 18.3. The lowest BCUT2D eigenvalue weighted by Crippen LogP contribution is -2.38. The molecule has 2 nitrogen and oxygen atoms in total. The standard InChI is InChI=1S/C18H29BrN2/c1-14(2)12-20-13-15-11-16(19)5-6-17(15)21-9-7-18(3,4)8-10-21/h5-6,11,14,20H,7-10,12-13H2,1-4H3. The third-order valence-electron chi connectivity index (χ3n) is 4.37. The first kappa shape index (κ1) is 16.8. The van der Waals surface area contributed by atoms with Crippen LogP contribution in [0.2, 0.25) is 0 Å². The van der Waals surface area contributed by atoms with Gasteiger partial charge in [0.2, 0.25) is 0 Å². The van der Waals surface area contributed by atoms with Crippen molar-refractivity contribution in [1.29, 1.82) is 0 Å². The van der Waals surface area contributed by atoms with E-state index in [4.69, 9.17) is 0 Å². The van der Waals surface area contributed by atoms with Gasteiger partial charge in [-0.2, -0.15) is 0 Å². The molecule has 1 aromatic carbocycles. The van der Waals surface area contributed by atoms with Crippen LogP contribution in [0.5, 0.6) is 0 Å². The third kappa shape index (κ3) is 5.00. The van der Waals surface area contributed by atoms with Crippen LogP contribution in [-0.4, -0.2) is 19.6 Å². The van der Waals surface area contributed by atoms with Gasteiger partial charge in [0.25, 0.3) is 0 Å². The minimum absolute atomic E-state index is 0.502. The van der Waals surface area contributed by atoms with Crippen LogP contribution in [0.25, 0.3) is 0 Å². The van der Waals surface area contributed by atoms with Gasteiger partial charge in [0.05, 0.1) is 0 Å². The van der Waals surface area contributed by atoms with E-state index in [1.807, 2.05) is 0 Å². The molecule has 1 fully saturated rings. The topological polar surface area (TPSA) is 15.3 Å². The van der Waals surface area contributed by atoms with Crippen LogP contribution in [0.3, 0.4) is 0 Å². The summed E-state index contributed by atoms with van der Waals surface area (Å²) in [7, 11) is 0. The fourth-order valence-corrected chi connectivity index (χ4v) is 3.26. The molecule has 1 saturated heterocycles. The van der Waals surface area contributed by atoms with E-state index in [9.17, 15) is 0 Å². The number of hydrogen-bond donors (Lipinski definition) is 1. The number of nitrogens with zero attached hydrogens (tertiary/aromatic N) is 1. The highest BCUT2D eigenvalue weighted by Crippen LogP contribution is 2.34. The van der Waals surface area contributed by atoms with Gasteiger partial charge in [-0.25, -0.2) is 0 Å². The van der Waals surface area contributed by atoms with Crippen molar-refractivity contribution >= 4 is 21.6 Å². The third-order valence-corrected chi connectivity index (χ3v) is 4.86. The SMILES string of the molecule is CC(C)CNCc1cc(Br)ccc1N1CCC(C)(C)CC1. The highest BCUT2D eigenvalue weighted by atomic mass is 79.9. The van der Waals surface area contributed by atoms with Crippen molar-refractivity contribution in [3.8, 4) is 0 Å². The minimum atomic E-state index is 0.502. The number of hydrogen-bond acceptors (Lipinski definition) is 2. The molecular formula is C18H29BrN2. The first-order valence-corrected chi connectivity index (χ1v) is 8.91. The van der Waals surface area contributed by atoms with E-state index in [0.717, 1.165) is 13.1 Å². The zero-order valence-corrected chi connectivity index (χ0v) is 15.5. The second-order valence-corrected chi connectivity index (χ2v) is 8.36. The second-order valence-electron chi connectivity index (χ2n) is 7.45. The molecule has 0 saturated carbocycles. The first-order valence-electron chi connectivity index (χ1n) is 8.11. The van der Waals surface area contributed by atoms with Gasteiger partial charge in [-0.05, 0) is 54.5 Å². The summed E-state index contributed by atoms with van der Waals surface area (Å²) in [6.45, 7) is 13.6. The molecule has 0 radical (unpaired) electrons. The summed E-state index contributed by atoms with van der Waals surface area (Å²) >= 11 is 3.61. The first-order chi connectivity index (χ1) is 9.87. The van der Waals surface area contributed by atoms with E-state index in [2.05, 4.69) is 72.0 Å². The van der Waals surface area contributed by atoms with E-state index in [0.29, 0.717) is 11.3 Å². The molecule has 0 bridgehead atoms. The molecule has 0 atom stereocenters. The molecule has 3 heteroatoms. The number of piperidine rings is 1. The van der Waals surface area contributed by atoms with Crippen LogP contribution in [0.1, 0.15) is 46.1 Å². The van der Waals surface area contributed by atoms with Gasteiger partial charge < -0.3 is 10.2 Å². The fraction of sp³-hybridized carbons (Fsp3) is 0.667. The Balaban J connectivity index is 2.08. The van der Waals surface area contributed by atoms with E-state index in [-0.39, 0.29) is 0 Å². The highest BCUT2D eigenvalue weighted by Gasteiger charge is 2.26. The molecule has 118 valence electrons. The van der Waals surface area contributed by atoms with E-state index < -0.39 is 0 Å². The van der Waals surface area contributed by atoms with Crippen molar-refractivity contribution in [3.63, 3.8) is 0 Å². The number of rotatable bonds is 5. The molecular weight excluding hydrogens is 324 g/mol. The van der Waals surface area contributed by atoms with Crippen LogP contribution in [-0.2, 0) is 6.54 Å². The summed E-state index contributed by atoms with van der Waals surface area (Å²) in [5.41, 5.74) is 3.32. The van der Waals surface area contributed by atoms with Crippen LogP contribution >= 0.6 is 15.9 Å². The Labute approximate surface area is 138 Å². The van der Waals surface area contributed by atoms with Gasteiger partial charge in [-0.15, -0.1) is 0 Å². The zero-order valence-electron chi connectivity index (χ0n) is 13.9. The molecule has 1 aliphatic rings. The molecule has 1 N–H and O–H groups in total. The highest BCUT2D eigenvalue weighted by molar-refractivity contribution is 9.10. The largest absolute Gasteiger partial charge is 0.371 e. The Hall–Kier alpha value is -0.540. The van der Waals surface area contributed by atoms with E-state index in [1.165, 1.54) is 41.7 Å². The monoisotopic (exact) mass is 352 g/mol. The maximum Gasteiger partial charge on any atom is 0.0412 e. The summed E-state index contributed by atoms with van der Waals surface area (Å²) in [4.78, 5) is 2.56. The lowest BCUT2D eigenvalue weighted by atomic mass is 9.82. The van der Waals surface area contributed by atoms with Gasteiger partial charge in [-0.1, -0.05) is 43.6 Å². The number of halogens is 1. The lowest BCUT2D eigenvalue weighted by Gasteiger charge is -2.39. The van der Waals surface area contributed by atoms with Crippen LogP contribution in [0.15, 0.2) is 22.7 Å². The van der Waals surface area contributed by atoms with E-state index >= 15 is 0 Å². The minimum Gasteiger partial charge on any atom is -0.371 e. The average Bonchev–Trinajstić information content (AvgIpc) is 2.39. The quantitative estimate of drug-likeness (QED) is 0.816. The zero-order chi connectivity index (χ0) is 15.5. The molecule has 0 amide bonds. The lowest BCUT2D eigenvalue weighted by molar-refractivity contribution is 0.279. The maximum atomic E-state index is 3.61. The van der Waals surface area contributed by atoms with Crippen molar-refractivity contribution in [1.82, 2.24) is 5.32 Å². The average molecular weight is 353 g/mol. The molecule has 0 aromatic heterocycles. The summed E-state index contributed by atoms with van der Waals surface area (Å²) in [6.07, 6.45) is 2.56. The summed E-state index contributed by atoms with van der Waals surface area (Å²) < 4.78 is 1.17. The van der Waals surface area contributed by atoms with Crippen LogP contribution < -0.4 is 10.2 Å². The smallest absolute Gasteiger partial charge is 0.0412 e. The molecule has 0 aliphatic carbocycles. The van der Waals surface area contributed by atoms with Crippen LogP contribution in [0, 0.1) is 11.3 Å². The van der Waals surface area contributed by atoms with Gasteiger partial charge in [-0.3, -0.25) is 0 Å². The number of nitrogens with one attached hydrogen (secondary N) is 1. The predicted octanol–water partition coefficient (Wildman–Crippen LogP) is 4.82. The van der Waals surface area contributed by atoms with Crippen molar-refractivity contribution in [2.75, 3.05) is 24.5 Å². The fourth-order valence-electron chi connectivity index (χ4n) is 2.85. The van der Waals surface area contributed by atoms with Crippen molar-refractivity contribution in [2.45, 2.75) is 47.1 Å². The van der Waals surface area contributed by atoms with Gasteiger partial charge in [0.1, 0.15) is 0 Å². The second kappa shape index (κ2) is 7.15. The summed E-state index contributed by atoms with van der Waals surface area (Å²) in [5, 5.41) is 3.58. The molecule has 1 heterocycles. The Morgan fingerprint density at radius 1 is 1.24 bits per heavy atom. The maximum absolute atomic E-state index is 3.61. The molecule has 21 heavy (non-hydrogen) atoms. The van der Waals surface area contributed by atoms with E-state index in [1.54, 1.807) is 0 Å². The Morgan fingerprint density at radius 3 is 2.52 bits per heavy atom. The molecule has 1 aromatic rings. The summed E-state index contributed by atoms with van der Waals surface area (Å²) in [6, 6.07) is 6.71. The van der Waals surface area contributed by atoms with Crippen molar-refractivity contribution in [3.05, 3.63) is 28.2 Å². The van der Waals surface area contributed by atoms with Crippen molar-refractivity contribution < 1.29 is 0 Å². The Morgan fingerprint density at radius 2 is 1.90 bits per heavy atom. The van der Waals surface area contributed by atoms with Crippen LogP contribution in [0.4, 0.5) is 5.69 Å². The number of benzene rings is 1. The van der Waals surface area contributed by atoms with Crippen molar-refractivity contribution in [2.24, 2.45) is 11.3 Å². The molecule has 0 spiro atoms. The Bertz CT molecular complexity index is 458. The predicted molar refractivity (Wildman–Crippen MR) is 95.9 cm³/mol. The van der Waals surface area contributed by atoms with Gasteiger partial charge >= 0.3 is 0 Å². The summed E-state index contributed by atoms with van der Waals surface area (Å²) in [5.74, 6) is 0.691. The number of anilines is 1. The van der Waals surface area contributed by atoms with Gasteiger partial charge in [0, 0.05) is 29.8 Å². The molecule has 2 rings (SSSR count). The molecule has 0 unspecified atom stereocenters.